The van der Waals surface area contributed by atoms with Gasteiger partial charge in [-0.1, -0.05) is 24.9 Å². The first-order chi connectivity index (χ1) is 8.65. The molecule has 0 aliphatic heterocycles. The second-order valence-corrected chi connectivity index (χ2v) is 5.68. The first kappa shape index (κ1) is 15.9. The van der Waals surface area contributed by atoms with E-state index in [2.05, 4.69) is 28.2 Å². The van der Waals surface area contributed by atoms with Crippen molar-refractivity contribution in [2.75, 3.05) is 13.1 Å². The summed E-state index contributed by atoms with van der Waals surface area (Å²) in [5, 5.41) is 3.94. The summed E-state index contributed by atoms with van der Waals surface area (Å²) in [6, 6.07) is 3.16. The molecule has 0 spiro atoms. The summed E-state index contributed by atoms with van der Waals surface area (Å²) in [7, 11) is 0. The molecular formula is C14H20BrClFN. The molecule has 102 valence electrons. The van der Waals surface area contributed by atoms with Crippen LogP contribution in [0, 0.1) is 5.82 Å². The molecule has 0 bridgehead atoms. The average Bonchev–Trinajstić information content (AvgIpc) is 2.34. The second-order valence-electron chi connectivity index (χ2n) is 4.42. The molecule has 0 fully saturated rings. The maximum absolute atomic E-state index is 13.6. The summed E-state index contributed by atoms with van der Waals surface area (Å²) in [4.78, 5) is 0. The molecule has 0 aliphatic rings. The van der Waals surface area contributed by atoms with Gasteiger partial charge in [0.15, 0.2) is 0 Å². The van der Waals surface area contributed by atoms with E-state index in [0.717, 1.165) is 38.8 Å². The summed E-state index contributed by atoms with van der Waals surface area (Å²) in [6.45, 7) is 4.29. The monoisotopic (exact) mass is 335 g/mol. The predicted octanol–water partition coefficient (Wildman–Crippen LogP) is 4.95. The minimum Gasteiger partial charge on any atom is -0.317 e. The van der Waals surface area contributed by atoms with Crippen molar-refractivity contribution < 1.29 is 4.39 Å². The van der Waals surface area contributed by atoms with Gasteiger partial charge in [0.1, 0.15) is 5.82 Å². The molecular weight excluding hydrogens is 317 g/mol. The molecule has 1 N–H and O–H groups in total. The van der Waals surface area contributed by atoms with E-state index in [9.17, 15) is 4.39 Å². The van der Waals surface area contributed by atoms with Gasteiger partial charge in [-0.3, -0.25) is 0 Å². The van der Waals surface area contributed by atoms with Gasteiger partial charge in [0, 0.05) is 4.47 Å². The number of hydrogen-bond donors (Lipinski definition) is 1. The highest BCUT2D eigenvalue weighted by molar-refractivity contribution is 9.10. The first-order valence-electron chi connectivity index (χ1n) is 6.49. The molecule has 0 amide bonds. The van der Waals surface area contributed by atoms with E-state index < -0.39 is 0 Å². The highest BCUT2D eigenvalue weighted by atomic mass is 79.9. The Hall–Kier alpha value is -0.120. The molecule has 4 heteroatoms. The molecule has 1 aromatic rings. The van der Waals surface area contributed by atoms with Gasteiger partial charge < -0.3 is 5.32 Å². The fourth-order valence-corrected chi connectivity index (χ4v) is 2.30. The molecule has 0 unspecified atom stereocenters. The molecule has 1 aromatic carbocycles. The molecule has 18 heavy (non-hydrogen) atoms. The fraction of sp³-hybridized carbons (Fsp3) is 0.571. The number of nitrogens with one attached hydrogen (secondary N) is 1. The summed E-state index contributed by atoms with van der Waals surface area (Å²) in [5.74, 6) is -0.171. The Morgan fingerprint density at radius 3 is 2.72 bits per heavy atom. The van der Waals surface area contributed by atoms with E-state index in [1.54, 1.807) is 6.07 Å². The normalized spacial score (nSPS) is 10.9. The number of halogens is 3. The second kappa shape index (κ2) is 8.89. The first-order valence-corrected chi connectivity index (χ1v) is 7.66. The van der Waals surface area contributed by atoms with Crippen LogP contribution in [0.2, 0.25) is 5.02 Å². The standard InChI is InChI=1S/C14H20BrClFN/c1-2-7-18-8-5-3-4-6-11-9-13(16)12(15)10-14(11)17/h9-10,18H,2-8H2,1H3. The van der Waals surface area contributed by atoms with Crippen LogP contribution in [-0.2, 0) is 6.42 Å². The highest BCUT2D eigenvalue weighted by Gasteiger charge is 2.06. The lowest BCUT2D eigenvalue weighted by Gasteiger charge is -2.06. The lowest BCUT2D eigenvalue weighted by atomic mass is 10.1. The van der Waals surface area contributed by atoms with Crippen molar-refractivity contribution in [2.45, 2.75) is 39.0 Å². The van der Waals surface area contributed by atoms with Crippen molar-refractivity contribution in [1.82, 2.24) is 5.32 Å². The average molecular weight is 337 g/mol. The molecule has 0 saturated carbocycles. The fourth-order valence-electron chi connectivity index (χ4n) is 1.80. The summed E-state index contributed by atoms with van der Waals surface area (Å²) >= 11 is 9.18. The quantitative estimate of drug-likeness (QED) is 0.523. The Morgan fingerprint density at radius 1 is 1.22 bits per heavy atom. The molecule has 0 saturated heterocycles. The maximum Gasteiger partial charge on any atom is 0.127 e. The van der Waals surface area contributed by atoms with Crippen molar-refractivity contribution in [3.63, 3.8) is 0 Å². The van der Waals surface area contributed by atoms with Crippen molar-refractivity contribution in [1.29, 1.82) is 0 Å². The zero-order chi connectivity index (χ0) is 13.4. The number of unbranched alkanes of at least 4 members (excludes halogenated alkanes) is 2. The zero-order valence-electron chi connectivity index (χ0n) is 10.7. The van der Waals surface area contributed by atoms with Gasteiger partial charge in [-0.15, -0.1) is 0 Å². The summed E-state index contributed by atoms with van der Waals surface area (Å²) in [6.07, 6.45) is 5.19. The largest absolute Gasteiger partial charge is 0.317 e. The van der Waals surface area contributed by atoms with E-state index in [-0.39, 0.29) is 5.82 Å². The van der Waals surface area contributed by atoms with Crippen LogP contribution in [-0.4, -0.2) is 13.1 Å². The van der Waals surface area contributed by atoms with Gasteiger partial charge in [0.25, 0.3) is 0 Å². The van der Waals surface area contributed by atoms with Crippen molar-refractivity contribution in [2.24, 2.45) is 0 Å². The van der Waals surface area contributed by atoms with E-state index in [1.165, 1.54) is 12.5 Å². The minimum absolute atomic E-state index is 0.171. The molecule has 0 aliphatic carbocycles. The Morgan fingerprint density at radius 2 is 2.00 bits per heavy atom. The van der Waals surface area contributed by atoms with Crippen LogP contribution in [0.4, 0.5) is 4.39 Å². The minimum atomic E-state index is -0.171. The highest BCUT2D eigenvalue weighted by Crippen LogP contribution is 2.26. The Bertz CT molecular complexity index is 371. The van der Waals surface area contributed by atoms with Crippen LogP contribution in [0.1, 0.15) is 38.2 Å². The Balaban J connectivity index is 2.25. The van der Waals surface area contributed by atoms with Crippen LogP contribution in [0.5, 0.6) is 0 Å². The number of benzene rings is 1. The third-order valence-electron chi connectivity index (χ3n) is 2.82. The maximum atomic E-state index is 13.6. The van der Waals surface area contributed by atoms with E-state index >= 15 is 0 Å². The van der Waals surface area contributed by atoms with E-state index in [1.807, 2.05) is 0 Å². The van der Waals surface area contributed by atoms with E-state index in [4.69, 9.17) is 11.6 Å². The number of hydrogen-bond acceptors (Lipinski definition) is 1. The summed E-state index contributed by atoms with van der Waals surface area (Å²) < 4.78 is 14.2. The van der Waals surface area contributed by atoms with Crippen molar-refractivity contribution in [3.05, 3.63) is 33.0 Å². The molecule has 0 aromatic heterocycles. The number of aryl methyl sites for hydroxylation is 1. The Kier molecular flexibility index (Phi) is 7.87. The molecule has 1 rings (SSSR count). The van der Waals surface area contributed by atoms with Gasteiger partial charge in [0.2, 0.25) is 0 Å². The molecule has 0 radical (unpaired) electrons. The lowest BCUT2D eigenvalue weighted by Crippen LogP contribution is -2.15. The van der Waals surface area contributed by atoms with Gasteiger partial charge in [-0.05, 0) is 72.4 Å². The van der Waals surface area contributed by atoms with Crippen LogP contribution in [0.3, 0.4) is 0 Å². The van der Waals surface area contributed by atoms with E-state index in [0.29, 0.717) is 15.1 Å². The smallest absolute Gasteiger partial charge is 0.127 e. The molecule has 0 atom stereocenters. The topological polar surface area (TPSA) is 12.0 Å². The van der Waals surface area contributed by atoms with Gasteiger partial charge in [-0.25, -0.2) is 4.39 Å². The Labute approximate surface area is 122 Å². The number of rotatable bonds is 8. The van der Waals surface area contributed by atoms with Crippen molar-refractivity contribution in [3.8, 4) is 0 Å². The van der Waals surface area contributed by atoms with Crippen LogP contribution in [0.25, 0.3) is 0 Å². The molecule has 1 nitrogen and oxygen atoms in total. The predicted molar refractivity (Wildman–Crippen MR) is 79.8 cm³/mol. The zero-order valence-corrected chi connectivity index (χ0v) is 13.1. The van der Waals surface area contributed by atoms with Gasteiger partial charge in [-0.2, -0.15) is 0 Å². The van der Waals surface area contributed by atoms with Gasteiger partial charge >= 0.3 is 0 Å². The third-order valence-corrected chi connectivity index (χ3v) is 4.01. The van der Waals surface area contributed by atoms with Gasteiger partial charge in [0.05, 0.1) is 5.02 Å². The third kappa shape index (κ3) is 5.68. The lowest BCUT2D eigenvalue weighted by molar-refractivity contribution is 0.578. The van der Waals surface area contributed by atoms with Crippen molar-refractivity contribution >= 4 is 27.5 Å². The van der Waals surface area contributed by atoms with Crippen LogP contribution < -0.4 is 5.32 Å². The van der Waals surface area contributed by atoms with Crippen LogP contribution >= 0.6 is 27.5 Å². The summed E-state index contributed by atoms with van der Waals surface area (Å²) in [5.41, 5.74) is 0.713. The van der Waals surface area contributed by atoms with Crippen LogP contribution in [0.15, 0.2) is 16.6 Å². The molecule has 0 heterocycles. The SMILES string of the molecule is CCCNCCCCCc1cc(Cl)c(Br)cc1F.